The molecule has 1 N–H and O–H groups in total. The van der Waals surface area contributed by atoms with E-state index in [1.165, 1.54) is 23.2 Å². The lowest BCUT2D eigenvalue weighted by Crippen LogP contribution is -1.98. The van der Waals surface area contributed by atoms with Crippen molar-refractivity contribution in [3.8, 4) is 0 Å². The normalized spacial score (nSPS) is 10.7. The Kier molecular flexibility index (Phi) is 3.63. The van der Waals surface area contributed by atoms with Crippen LogP contribution in [0, 0.1) is 17.0 Å². The minimum absolute atomic E-state index is 0.1000. The molecule has 2 aromatic heterocycles. The molecule has 0 aliphatic heterocycles. The lowest BCUT2D eigenvalue weighted by atomic mass is 10.4. The van der Waals surface area contributed by atoms with E-state index in [1.54, 1.807) is 17.6 Å². The molecule has 2 rings (SSSR count). The van der Waals surface area contributed by atoms with Crippen LogP contribution in [0.3, 0.4) is 0 Å². The summed E-state index contributed by atoms with van der Waals surface area (Å²) in [6, 6.07) is 6.79. The molecule has 0 fully saturated rings. The lowest BCUT2D eigenvalue weighted by Gasteiger charge is -1.99. The standard InChI is InChI=1S/C11H10N4O2S/c1-8-4-5-9(18-8)7-13-14-11-10(15(16)17)3-2-6-12-11/h2-7H,1H3,(H,12,14)/b13-7-. The molecule has 6 nitrogen and oxygen atoms in total. The fourth-order valence-corrected chi connectivity index (χ4v) is 2.06. The van der Waals surface area contributed by atoms with E-state index in [1.807, 2.05) is 19.1 Å². The maximum atomic E-state index is 10.7. The summed E-state index contributed by atoms with van der Waals surface area (Å²) in [6.07, 6.45) is 3.08. The number of nitro groups is 1. The largest absolute Gasteiger partial charge is 0.313 e. The second-order valence-corrected chi connectivity index (χ2v) is 4.77. The summed E-state index contributed by atoms with van der Waals surface area (Å²) >= 11 is 1.59. The molecule has 0 radical (unpaired) electrons. The Labute approximate surface area is 107 Å². The van der Waals surface area contributed by atoms with Crippen molar-refractivity contribution in [2.24, 2.45) is 5.10 Å². The number of rotatable bonds is 4. The van der Waals surface area contributed by atoms with Crippen molar-refractivity contribution in [1.82, 2.24) is 4.98 Å². The summed E-state index contributed by atoms with van der Waals surface area (Å²) in [4.78, 5) is 16.3. The number of anilines is 1. The lowest BCUT2D eigenvalue weighted by molar-refractivity contribution is -0.384. The zero-order chi connectivity index (χ0) is 13.0. The maximum absolute atomic E-state index is 10.7. The van der Waals surface area contributed by atoms with Crippen molar-refractivity contribution in [2.45, 2.75) is 6.92 Å². The van der Waals surface area contributed by atoms with Gasteiger partial charge in [-0.3, -0.25) is 15.5 Å². The predicted molar refractivity (Wildman–Crippen MR) is 71.2 cm³/mol. The molecule has 0 saturated carbocycles. The highest BCUT2D eigenvalue weighted by Gasteiger charge is 2.12. The first kappa shape index (κ1) is 12.2. The first-order valence-corrected chi connectivity index (χ1v) is 5.93. The summed E-state index contributed by atoms with van der Waals surface area (Å²) in [5.74, 6) is 0.132. The number of nitrogens with zero attached hydrogens (tertiary/aromatic N) is 3. The Hall–Kier alpha value is -2.28. The SMILES string of the molecule is Cc1ccc(/C=N\Nc2ncccc2[N+](=O)[O-])s1. The highest BCUT2D eigenvalue weighted by molar-refractivity contribution is 7.13. The van der Waals surface area contributed by atoms with Crippen LogP contribution < -0.4 is 5.43 Å². The van der Waals surface area contributed by atoms with Gasteiger partial charge in [0.15, 0.2) is 0 Å². The molecule has 2 aromatic rings. The number of hydrogen-bond acceptors (Lipinski definition) is 6. The molecule has 2 heterocycles. The average Bonchev–Trinajstić information content (AvgIpc) is 2.75. The molecule has 0 unspecified atom stereocenters. The van der Waals surface area contributed by atoms with Gasteiger partial charge in [0.25, 0.3) is 0 Å². The molecule has 0 saturated heterocycles. The van der Waals surface area contributed by atoms with Gasteiger partial charge in [0, 0.05) is 22.0 Å². The van der Waals surface area contributed by atoms with Crippen LogP contribution in [0.15, 0.2) is 35.6 Å². The van der Waals surface area contributed by atoms with Crippen molar-refractivity contribution in [2.75, 3.05) is 5.43 Å². The number of hydrazone groups is 1. The summed E-state index contributed by atoms with van der Waals surface area (Å²) in [7, 11) is 0. The number of aryl methyl sites for hydroxylation is 1. The quantitative estimate of drug-likeness (QED) is 0.522. The third-order valence-corrected chi connectivity index (χ3v) is 3.04. The van der Waals surface area contributed by atoms with E-state index in [9.17, 15) is 10.1 Å². The summed E-state index contributed by atoms with van der Waals surface area (Å²) < 4.78 is 0. The van der Waals surface area contributed by atoms with Crippen LogP contribution in [0.2, 0.25) is 0 Å². The van der Waals surface area contributed by atoms with Crippen molar-refractivity contribution >= 4 is 29.1 Å². The second kappa shape index (κ2) is 5.37. The fourth-order valence-electron chi connectivity index (χ4n) is 1.31. The minimum atomic E-state index is -0.500. The third kappa shape index (κ3) is 2.89. The van der Waals surface area contributed by atoms with Crippen molar-refractivity contribution in [3.05, 3.63) is 50.3 Å². The Morgan fingerprint density at radius 2 is 2.33 bits per heavy atom. The van der Waals surface area contributed by atoms with Gasteiger partial charge >= 0.3 is 5.69 Å². The Morgan fingerprint density at radius 3 is 3.00 bits per heavy atom. The first-order valence-electron chi connectivity index (χ1n) is 5.12. The summed E-state index contributed by atoms with van der Waals surface area (Å²) in [5.41, 5.74) is 2.48. The van der Waals surface area contributed by atoms with Crippen LogP contribution in [-0.2, 0) is 0 Å². The number of thiophene rings is 1. The number of nitrogens with one attached hydrogen (secondary N) is 1. The summed E-state index contributed by atoms with van der Waals surface area (Å²) in [6.45, 7) is 2.00. The van der Waals surface area contributed by atoms with Gasteiger partial charge in [0.05, 0.1) is 11.1 Å². The van der Waals surface area contributed by atoms with E-state index < -0.39 is 4.92 Å². The van der Waals surface area contributed by atoms with Crippen LogP contribution in [0.4, 0.5) is 11.5 Å². The predicted octanol–water partition coefficient (Wildman–Crippen LogP) is 2.81. The van der Waals surface area contributed by atoms with Gasteiger partial charge in [-0.05, 0) is 25.1 Å². The van der Waals surface area contributed by atoms with Crippen molar-refractivity contribution in [3.63, 3.8) is 0 Å². The van der Waals surface area contributed by atoms with Crippen molar-refractivity contribution in [1.29, 1.82) is 0 Å². The third-order valence-electron chi connectivity index (χ3n) is 2.11. The van der Waals surface area contributed by atoms with E-state index in [0.29, 0.717) is 0 Å². The molecule has 0 spiro atoms. The molecule has 0 aromatic carbocycles. The van der Waals surface area contributed by atoms with Gasteiger partial charge in [-0.15, -0.1) is 11.3 Å². The molecular weight excluding hydrogens is 252 g/mol. The van der Waals surface area contributed by atoms with Crippen molar-refractivity contribution < 1.29 is 4.92 Å². The van der Waals surface area contributed by atoms with Gasteiger partial charge in [-0.1, -0.05) is 0 Å². The van der Waals surface area contributed by atoms with Crippen LogP contribution in [0.5, 0.6) is 0 Å². The number of aromatic nitrogens is 1. The molecule has 0 aliphatic rings. The van der Waals surface area contributed by atoms with E-state index in [4.69, 9.17) is 0 Å². The summed E-state index contributed by atoms with van der Waals surface area (Å²) in [5, 5.41) is 14.7. The molecule has 7 heteroatoms. The molecule has 0 bridgehead atoms. The second-order valence-electron chi connectivity index (χ2n) is 3.45. The molecule has 0 amide bonds. The van der Waals surface area contributed by atoms with Gasteiger partial charge in [-0.25, -0.2) is 4.98 Å². The number of pyridine rings is 1. The Balaban J connectivity index is 2.11. The molecule has 0 aliphatic carbocycles. The zero-order valence-electron chi connectivity index (χ0n) is 9.53. The Morgan fingerprint density at radius 1 is 1.50 bits per heavy atom. The minimum Gasteiger partial charge on any atom is -0.258 e. The smallest absolute Gasteiger partial charge is 0.258 e. The van der Waals surface area contributed by atoms with Gasteiger partial charge in [-0.2, -0.15) is 5.10 Å². The highest BCUT2D eigenvalue weighted by atomic mass is 32.1. The van der Waals surface area contributed by atoms with E-state index >= 15 is 0 Å². The number of hydrogen-bond donors (Lipinski definition) is 1. The fraction of sp³-hybridized carbons (Fsp3) is 0.0909. The zero-order valence-corrected chi connectivity index (χ0v) is 10.3. The monoisotopic (exact) mass is 262 g/mol. The van der Waals surface area contributed by atoms with E-state index in [-0.39, 0.29) is 11.5 Å². The van der Waals surface area contributed by atoms with E-state index in [2.05, 4.69) is 15.5 Å². The van der Waals surface area contributed by atoms with Gasteiger partial charge in [0.2, 0.25) is 5.82 Å². The van der Waals surface area contributed by atoms with Gasteiger partial charge in [0.1, 0.15) is 0 Å². The van der Waals surface area contributed by atoms with Crippen LogP contribution in [-0.4, -0.2) is 16.1 Å². The van der Waals surface area contributed by atoms with Crippen LogP contribution in [0.1, 0.15) is 9.75 Å². The topological polar surface area (TPSA) is 80.4 Å². The highest BCUT2D eigenvalue weighted by Crippen LogP contribution is 2.20. The van der Waals surface area contributed by atoms with Gasteiger partial charge < -0.3 is 0 Å². The van der Waals surface area contributed by atoms with E-state index in [0.717, 1.165) is 4.88 Å². The first-order chi connectivity index (χ1) is 8.66. The molecule has 18 heavy (non-hydrogen) atoms. The Bertz CT molecular complexity index is 594. The average molecular weight is 262 g/mol. The maximum Gasteiger partial charge on any atom is 0.313 e. The van der Waals surface area contributed by atoms with Crippen LogP contribution >= 0.6 is 11.3 Å². The molecule has 92 valence electrons. The van der Waals surface area contributed by atoms with Crippen LogP contribution in [0.25, 0.3) is 0 Å². The molecule has 0 atom stereocenters. The molecular formula is C11H10N4O2S.